The summed E-state index contributed by atoms with van der Waals surface area (Å²) in [6.45, 7) is 3.57. The summed E-state index contributed by atoms with van der Waals surface area (Å²) in [6, 6.07) is 12.2. The van der Waals surface area contributed by atoms with Crippen molar-refractivity contribution >= 4 is 41.3 Å². The number of hydrogen-bond acceptors (Lipinski definition) is 3. The Hall–Kier alpha value is -1.28. The number of hydrogen-bond donors (Lipinski definition) is 2. The van der Waals surface area contributed by atoms with E-state index in [2.05, 4.69) is 34.7 Å². The van der Waals surface area contributed by atoms with Gasteiger partial charge in [0.25, 0.3) is 0 Å². The van der Waals surface area contributed by atoms with E-state index in [9.17, 15) is 0 Å². The van der Waals surface area contributed by atoms with Crippen LogP contribution in [-0.4, -0.2) is 20.1 Å². The Morgan fingerprint density at radius 1 is 1.14 bits per heavy atom. The topological polar surface area (TPSA) is 45.7 Å². The predicted octanol–water partition coefficient (Wildman–Crippen LogP) is 3.55. The lowest BCUT2D eigenvalue weighted by atomic mass is 10.2. The van der Waals surface area contributed by atoms with Crippen LogP contribution in [0.25, 0.3) is 0 Å². The van der Waals surface area contributed by atoms with Gasteiger partial charge in [-0.25, -0.2) is 0 Å². The molecule has 0 fully saturated rings. The lowest BCUT2D eigenvalue weighted by molar-refractivity contribution is 0.409. The molecule has 0 amide bonds. The van der Waals surface area contributed by atoms with Gasteiger partial charge in [-0.15, -0.1) is 35.3 Å². The predicted molar refractivity (Wildman–Crippen MR) is 105 cm³/mol. The molecule has 0 aliphatic rings. The van der Waals surface area contributed by atoms with Gasteiger partial charge in [-0.1, -0.05) is 18.2 Å². The number of thiophene rings is 1. The number of aliphatic imine (C=N–C) groups is 1. The lowest BCUT2D eigenvalue weighted by Gasteiger charge is -2.13. The third kappa shape index (κ3) is 5.49. The summed E-state index contributed by atoms with van der Waals surface area (Å²) in [4.78, 5) is 6.86. The Bertz CT molecular complexity index is 613. The second kappa shape index (κ2) is 9.68. The molecular weight excluding hydrogens is 409 g/mol. The number of rotatable bonds is 5. The van der Waals surface area contributed by atoms with Crippen molar-refractivity contribution in [2.45, 2.75) is 20.0 Å². The van der Waals surface area contributed by atoms with E-state index < -0.39 is 0 Å². The van der Waals surface area contributed by atoms with Gasteiger partial charge >= 0.3 is 0 Å². The first-order valence-electron chi connectivity index (χ1n) is 6.84. The number of benzene rings is 1. The highest BCUT2D eigenvalue weighted by Gasteiger charge is 2.04. The van der Waals surface area contributed by atoms with Crippen molar-refractivity contribution in [2.75, 3.05) is 14.2 Å². The summed E-state index contributed by atoms with van der Waals surface area (Å²) in [7, 11) is 3.46. The van der Waals surface area contributed by atoms with E-state index in [1.165, 1.54) is 9.75 Å². The van der Waals surface area contributed by atoms with E-state index in [1.54, 1.807) is 25.5 Å². The maximum absolute atomic E-state index is 5.34. The van der Waals surface area contributed by atoms with E-state index in [-0.39, 0.29) is 24.0 Å². The van der Waals surface area contributed by atoms with E-state index in [0.29, 0.717) is 6.54 Å². The molecule has 4 nitrogen and oxygen atoms in total. The van der Waals surface area contributed by atoms with E-state index in [0.717, 1.165) is 23.8 Å². The van der Waals surface area contributed by atoms with Crippen molar-refractivity contribution in [2.24, 2.45) is 4.99 Å². The fourth-order valence-electron chi connectivity index (χ4n) is 2.00. The SMILES string of the molecule is CN=C(NCc1ccc(C)s1)NCc1ccccc1OC.I. The van der Waals surface area contributed by atoms with Gasteiger partial charge in [0.1, 0.15) is 5.75 Å². The Labute approximate surface area is 153 Å². The molecule has 0 saturated heterocycles. The van der Waals surface area contributed by atoms with Crippen LogP contribution in [0.2, 0.25) is 0 Å². The quantitative estimate of drug-likeness (QED) is 0.433. The van der Waals surface area contributed by atoms with Gasteiger partial charge in [0.2, 0.25) is 0 Å². The maximum atomic E-state index is 5.34. The summed E-state index contributed by atoms with van der Waals surface area (Å²) in [5.74, 6) is 1.67. The maximum Gasteiger partial charge on any atom is 0.191 e. The Balaban J connectivity index is 0.00000242. The van der Waals surface area contributed by atoms with Gasteiger partial charge in [0.05, 0.1) is 13.7 Å². The van der Waals surface area contributed by atoms with Crippen molar-refractivity contribution in [1.29, 1.82) is 0 Å². The molecule has 120 valence electrons. The molecular formula is C16H22IN3OS. The van der Waals surface area contributed by atoms with Crippen LogP contribution in [-0.2, 0) is 13.1 Å². The first-order valence-corrected chi connectivity index (χ1v) is 7.66. The first kappa shape index (κ1) is 18.8. The third-order valence-electron chi connectivity index (χ3n) is 3.09. The molecule has 2 rings (SSSR count). The van der Waals surface area contributed by atoms with Crippen molar-refractivity contribution in [1.82, 2.24) is 10.6 Å². The van der Waals surface area contributed by atoms with Crippen molar-refractivity contribution in [3.63, 3.8) is 0 Å². The van der Waals surface area contributed by atoms with E-state index in [1.807, 2.05) is 24.3 Å². The van der Waals surface area contributed by atoms with Crippen LogP contribution in [0.1, 0.15) is 15.3 Å². The molecule has 6 heteroatoms. The Morgan fingerprint density at radius 2 is 1.86 bits per heavy atom. The minimum absolute atomic E-state index is 0. The molecule has 2 aromatic rings. The minimum Gasteiger partial charge on any atom is -0.496 e. The second-order valence-corrected chi connectivity index (χ2v) is 5.98. The van der Waals surface area contributed by atoms with Crippen molar-refractivity contribution < 1.29 is 4.74 Å². The lowest BCUT2D eigenvalue weighted by Crippen LogP contribution is -2.36. The fraction of sp³-hybridized carbons (Fsp3) is 0.312. The molecule has 0 aliphatic heterocycles. The highest BCUT2D eigenvalue weighted by Crippen LogP contribution is 2.17. The molecule has 0 unspecified atom stereocenters. The molecule has 1 aromatic heterocycles. The normalized spacial score (nSPS) is 10.8. The number of aryl methyl sites for hydroxylation is 1. The monoisotopic (exact) mass is 431 g/mol. The van der Waals surface area contributed by atoms with E-state index in [4.69, 9.17) is 4.74 Å². The molecule has 1 heterocycles. The van der Waals surface area contributed by atoms with Gasteiger partial charge in [0, 0.05) is 28.9 Å². The molecule has 22 heavy (non-hydrogen) atoms. The number of guanidine groups is 1. The summed E-state index contributed by atoms with van der Waals surface area (Å²) in [5.41, 5.74) is 1.11. The zero-order valence-corrected chi connectivity index (χ0v) is 16.2. The number of nitrogens with zero attached hydrogens (tertiary/aromatic N) is 1. The number of halogens is 1. The van der Waals surface area contributed by atoms with Crippen LogP contribution in [0.15, 0.2) is 41.4 Å². The van der Waals surface area contributed by atoms with Gasteiger partial charge in [0.15, 0.2) is 5.96 Å². The van der Waals surface area contributed by atoms with Crippen LogP contribution in [0.3, 0.4) is 0 Å². The molecule has 2 N–H and O–H groups in total. The zero-order chi connectivity index (χ0) is 15.1. The number of para-hydroxylation sites is 1. The molecule has 0 bridgehead atoms. The van der Waals surface area contributed by atoms with Gasteiger partial charge in [-0.2, -0.15) is 0 Å². The average Bonchev–Trinajstić information content (AvgIpc) is 2.93. The van der Waals surface area contributed by atoms with Crippen molar-refractivity contribution in [3.05, 3.63) is 51.7 Å². The highest BCUT2D eigenvalue weighted by atomic mass is 127. The molecule has 0 atom stereocenters. The van der Waals surface area contributed by atoms with Gasteiger partial charge < -0.3 is 15.4 Å². The summed E-state index contributed by atoms with van der Waals surface area (Å²) in [6.07, 6.45) is 0. The second-order valence-electron chi connectivity index (χ2n) is 4.60. The van der Waals surface area contributed by atoms with Crippen LogP contribution in [0, 0.1) is 6.92 Å². The molecule has 0 radical (unpaired) electrons. The Kier molecular flexibility index (Phi) is 8.26. The molecule has 0 saturated carbocycles. The first-order chi connectivity index (χ1) is 10.2. The van der Waals surface area contributed by atoms with Crippen LogP contribution < -0.4 is 15.4 Å². The number of ether oxygens (including phenoxy) is 1. The molecule has 0 aliphatic carbocycles. The summed E-state index contributed by atoms with van der Waals surface area (Å²) in [5, 5.41) is 6.62. The largest absolute Gasteiger partial charge is 0.496 e. The number of methoxy groups -OCH3 is 1. The van der Waals surface area contributed by atoms with Crippen molar-refractivity contribution in [3.8, 4) is 5.75 Å². The molecule has 0 spiro atoms. The van der Waals surface area contributed by atoms with Gasteiger partial charge in [-0.3, -0.25) is 4.99 Å². The smallest absolute Gasteiger partial charge is 0.191 e. The minimum atomic E-state index is 0. The zero-order valence-electron chi connectivity index (χ0n) is 13.1. The number of nitrogens with one attached hydrogen (secondary N) is 2. The standard InChI is InChI=1S/C16H21N3OS.HI/c1-12-8-9-14(21-12)11-19-16(17-2)18-10-13-6-4-5-7-15(13)20-3;/h4-9H,10-11H2,1-3H3,(H2,17,18,19);1H. The summed E-state index contributed by atoms with van der Waals surface area (Å²) < 4.78 is 5.34. The highest BCUT2D eigenvalue weighted by molar-refractivity contribution is 14.0. The van der Waals surface area contributed by atoms with Crippen LogP contribution in [0.4, 0.5) is 0 Å². The molecule has 1 aromatic carbocycles. The van der Waals surface area contributed by atoms with Gasteiger partial charge in [-0.05, 0) is 25.1 Å². The fourth-order valence-corrected chi connectivity index (χ4v) is 2.83. The third-order valence-corrected chi connectivity index (χ3v) is 4.09. The van der Waals surface area contributed by atoms with E-state index >= 15 is 0 Å². The average molecular weight is 431 g/mol. The van der Waals surface area contributed by atoms with Crippen LogP contribution in [0.5, 0.6) is 5.75 Å². The Morgan fingerprint density at radius 3 is 2.50 bits per heavy atom. The summed E-state index contributed by atoms with van der Waals surface area (Å²) >= 11 is 1.80. The van der Waals surface area contributed by atoms with Crippen LogP contribution >= 0.6 is 35.3 Å².